The minimum Gasteiger partial charge on any atom is -0.368 e. The summed E-state index contributed by atoms with van der Waals surface area (Å²) in [4.78, 5) is 5.80. The molecule has 1 aromatic heterocycles. The largest absolute Gasteiger partial charge is 0.368 e. The van der Waals surface area contributed by atoms with E-state index in [2.05, 4.69) is 15.2 Å². The zero-order chi connectivity index (χ0) is 10.9. The van der Waals surface area contributed by atoms with Crippen LogP contribution in [0, 0.1) is 0 Å². The van der Waals surface area contributed by atoms with E-state index in [-0.39, 0.29) is 17.5 Å². The van der Waals surface area contributed by atoms with Gasteiger partial charge in [-0.05, 0) is 6.42 Å². The third kappa shape index (κ3) is 2.38. The van der Waals surface area contributed by atoms with E-state index in [1.165, 1.54) is 0 Å². The number of nitrogens with two attached hydrogens (primary N) is 1. The maximum atomic E-state index is 11.4. The molecule has 0 spiro atoms. The summed E-state index contributed by atoms with van der Waals surface area (Å²) < 4.78 is 22.7. The maximum absolute atomic E-state index is 11.4. The highest BCUT2D eigenvalue weighted by Gasteiger charge is 2.21. The van der Waals surface area contributed by atoms with Gasteiger partial charge in [-0.3, -0.25) is 0 Å². The molecular weight excluding hydrogens is 218 g/mol. The molecule has 0 aliphatic carbocycles. The Morgan fingerprint density at radius 2 is 2.13 bits per heavy atom. The number of nitrogens with one attached hydrogen (secondary N) is 1. The second-order valence-electron chi connectivity index (χ2n) is 3.51. The number of hydrogen-bond acceptors (Lipinski definition) is 6. The van der Waals surface area contributed by atoms with E-state index < -0.39 is 9.84 Å². The highest BCUT2D eigenvalue weighted by molar-refractivity contribution is 7.91. The first-order valence-electron chi connectivity index (χ1n) is 4.70. The van der Waals surface area contributed by atoms with E-state index in [0.717, 1.165) is 0 Å². The molecule has 0 saturated carbocycles. The van der Waals surface area contributed by atoms with Crippen molar-refractivity contribution in [2.24, 2.45) is 0 Å². The second kappa shape index (κ2) is 3.69. The molecule has 1 aliphatic rings. The smallest absolute Gasteiger partial charge is 0.246 e. The van der Waals surface area contributed by atoms with Crippen molar-refractivity contribution in [3.8, 4) is 0 Å². The van der Waals surface area contributed by atoms with Gasteiger partial charge in [-0.2, -0.15) is 4.98 Å². The third-order valence-corrected chi connectivity index (χ3v) is 4.04. The first kappa shape index (κ1) is 10.2. The van der Waals surface area contributed by atoms with Crippen LogP contribution in [0.5, 0.6) is 0 Å². The highest BCUT2D eigenvalue weighted by atomic mass is 32.2. The van der Waals surface area contributed by atoms with Crippen molar-refractivity contribution >= 4 is 21.7 Å². The molecule has 7 nitrogen and oxygen atoms in total. The van der Waals surface area contributed by atoms with E-state index in [1.807, 2.05) is 4.90 Å². The first-order valence-corrected chi connectivity index (χ1v) is 6.52. The molecule has 1 saturated heterocycles. The zero-order valence-electron chi connectivity index (χ0n) is 8.18. The van der Waals surface area contributed by atoms with E-state index in [4.69, 9.17) is 5.73 Å². The number of aromatic amines is 1. The molecule has 0 aromatic carbocycles. The molecule has 1 aromatic rings. The number of rotatable bonds is 1. The summed E-state index contributed by atoms with van der Waals surface area (Å²) in [7, 11) is -2.89. The van der Waals surface area contributed by atoms with Gasteiger partial charge in [0, 0.05) is 13.1 Å². The minimum atomic E-state index is -2.89. The summed E-state index contributed by atoms with van der Waals surface area (Å²) in [6.07, 6.45) is 0.608. The number of H-pyrrole nitrogens is 1. The average molecular weight is 231 g/mol. The Bertz CT molecular complexity index is 440. The van der Waals surface area contributed by atoms with Crippen LogP contribution in [-0.4, -0.2) is 48.2 Å². The van der Waals surface area contributed by atoms with Crippen molar-refractivity contribution < 1.29 is 8.42 Å². The lowest BCUT2D eigenvalue weighted by Gasteiger charge is -2.16. The van der Waals surface area contributed by atoms with Gasteiger partial charge >= 0.3 is 0 Å². The van der Waals surface area contributed by atoms with Gasteiger partial charge in [0.05, 0.1) is 11.5 Å². The fourth-order valence-corrected chi connectivity index (χ4v) is 2.82. The molecule has 3 N–H and O–H groups in total. The van der Waals surface area contributed by atoms with Gasteiger partial charge in [0.2, 0.25) is 11.9 Å². The molecule has 84 valence electrons. The molecule has 0 unspecified atom stereocenters. The summed E-state index contributed by atoms with van der Waals surface area (Å²) in [5, 5.41) is 6.43. The van der Waals surface area contributed by atoms with Crippen molar-refractivity contribution in [3.63, 3.8) is 0 Å². The molecule has 2 rings (SSSR count). The fraction of sp³-hybridized carbons (Fsp3) is 0.714. The van der Waals surface area contributed by atoms with E-state index in [9.17, 15) is 8.42 Å². The lowest BCUT2D eigenvalue weighted by Crippen LogP contribution is -2.27. The normalized spacial score (nSPS) is 21.2. The van der Waals surface area contributed by atoms with Gasteiger partial charge < -0.3 is 10.6 Å². The number of sulfone groups is 1. The maximum Gasteiger partial charge on any atom is 0.246 e. The van der Waals surface area contributed by atoms with Crippen LogP contribution in [0.1, 0.15) is 6.42 Å². The molecular formula is C7H13N5O2S. The third-order valence-electron chi connectivity index (χ3n) is 2.33. The summed E-state index contributed by atoms with van der Waals surface area (Å²) in [5.74, 6) is 1.12. The Kier molecular flexibility index (Phi) is 2.51. The molecule has 0 atom stereocenters. The van der Waals surface area contributed by atoms with Crippen LogP contribution in [0.15, 0.2) is 0 Å². The SMILES string of the molecule is Nc1nc(N2CCCS(=O)(=O)CC2)n[nH]1. The standard InChI is InChI=1S/C7H13N5O2S/c8-6-9-7(11-10-6)12-2-1-4-15(13,14)5-3-12/h1-5H2,(H3,8,9,10,11). The molecule has 0 bridgehead atoms. The zero-order valence-corrected chi connectivity index (χ0v) is 9.00. The van der Waals surface area contributed by atoms with E-state index >= 15 is 0 Å². The highest BCUT2D eigenvalue weighted by Crippen LogP contribution is 2.12. The summed E-state index contributed by atoms with van der Waals surface area (Å²) in [6.45, 7) is 1.08. The van der Waals surface area contributed by atoms with Crippen molar-refractivity contribution in [1.82, 2.24) is 15.2 Å². The molecule has 15 heavy (non-hydrogen) atoms. The average Bonchev–Trinajstić information content (AvgIpc) is 2.49. The van der Waals surface area contributed by atoms with Crippen molar-refractivity contribution in [3.05, 3.63) is 0 Å². The van der Waals surface area contributed by atoms with Gasteiger partial charge in [-0.25, -0.2) is 13.5 Å². The Balaban J connectivity index is 2.12. The van der Waals surface area contributed by atoms with Crippen molar-refractivity contribution in [2.75, 3.05) is 35.2 Å². The Morgan fingerprint density at radius 1 is 1.33 bits per heavy atom. The predicted octanol–water partition coefficient (Wildman–Crippen LogP) is -0.988. The summed E-state index contributed by atoms with van der Waals surface area (Å²) in [5.41, 5.74) is 5.40. The molecule has 8 heteroatoms. The van der Waals surface area contributed by atoms with Gasteiger partial charge in [0.15, 0.2) is 9.84 Å². The van der Waals surface area contributed by atoms with Crippen LogP contribution < -0.4 is 10.6 Å². The van der Waals surface area contributed by atoms with Crippen LogP contribution in [0.2, 0.25) is 0 Å². The lowest BCUT2D eigenvalue weighted by atomic mass is 10.4. The topological polar surface area (TPSA) is 105 Å². The number of hydrogen-bond donors (Lipinski definition) is 2. The molecule has 1 aliphatic heterocycles. The van der Waals surface area contributed by atoms with Crippen LogP contribution >= 0.6 is 0 Å². The second-order valence-corrected chi connectivity index (χ2v) is 5.82. The van der Waals surface area contributed by atoms with Crippen LogP contribution in [0.3, 0.4) is 0 Å². The lowest BCUT2D eigenvalue weighted by molar-refractivity contribution is 0.597. The Morgan fingerprint density at radius 3 is 2.80 bits per heavy atom. The van der Waals surface area contributed by atoms with E-state index in [0.29, 0.717) is 25.5 Å². The number of aromatic nitrogens is 3. The predicted molar refractivity (Wildman–Crippen MR) is 56.3 cm³/mol. The first-order chi connectivity index (χ1) is 7.07. The van der Waals surface area contributed by atoms with Gasteiger partial charge in [-0.1, -0.05) is 0 Å². The van der Waals surface area contributed by atoms with Crippen LogP contribution in [-0.2, 0) is 9.84 Å². The Hall–Kier alpha value is -1.31. The van der Waals surface area contributed by atoms with Gasteiger partial charge in [-0.15, -0.1) is 5.10 Å². The molecule has 0 amide bonds. The van der Waals surface area contributed by atoms with Crippen molar-refractivity contribution in [2.45, 2.75) is 6.42 Å². The van der Waals surface area contributed by atoms with Crippen molar-refractivity contribution in [1.29, 1.82) is 0 Å². The van der Waals surface area contributed by atoms with Gasteiger partial charge in [0.1, 0.15) is 0 Å². The summed E-state index contributed by atoms with van der Waals surface area (Å²) in [6, 6.07) is 0. The summed E-state index contributed by atoms with van der Waals surface area (Å²) >= 11 is 0. The fourth-order valence-electron chi connectivity index (χ4n) is 1.54. The molecule has 2 heterocycles. The number of nitrogens with zero attached hydrogens (tertiary/aromatic N) is 3. The Labute approximate surface area is 87.6 Å². The van der Waals surface area contributed by atoms with E-state index in [1.54, 1.807) is 0 Å². The van der Waals surface area contributed by atoms with Crippen LogP contribution in [0.4, 0.5) is 11.9 Å². The quantitative estimate of drug-likeness (QED) is 0.643. The number of anilines is 2. The number of nitrogen functional groups attached to an aromatic ring is 1. The van der Waals surface area contributed by atoms with Crippen LogP contribution in [0.25, 0.3) is 0 Å². The molecule has 0 radical (unpaired) electrons. The minimum absolute atomic E-state index is 0.154. The molecule has 1 fully saturated rings. The monoisotopic (exact) mass is 231 g/mol. The van der Waals surface area contributed by atoms with Gasteiger partial charge in [0.25, 0.3) is 0 Å².